The van der Waals surface area contributed by atoms with E-state index in [0.717, 1.165) is 16.7 Å². The molecular weight excluding hydrogens is 370 g/mol. The topological polar surface area (TPSA) is 93.5 Å². The molecule has 0 spiro atoms. The van der Waals surface area contributed by atoms with Crippen LogP contribution in [0, 0.1) is 0 Å². The number of carbonyl (C=O) groups excluding carboxylic acids is 2. The summed E-state index contributed by atoms with van der Waals surface area (Å²) in [4.78, 5) is 28.5. The van der Waals surface area contributed by atoms with Gasteiger partial charge in [0.1, 0.15) is 12.1 Å². The number of esters is 1. The molecule has 1 heterocycles. The summed E-state index contributed by atoms with van der Waals surface area (Å²) >= 11 is 0. The molecule has 29 heavy (non-hydrogen) atoms. The van der Waals surface area contributed by atoms with Crippen molar-refractivity contribution in [1.82, 2.24) is 9.55 Å². The highest BCUT2D eigenvalue weighted by atomic mass is 16.5. The molecule has 0 aliphatic carbocycles. The van der Waals surface area contributed by atoms with Crippen LogP contribution in [0.15, 0.2) is 79.1 Å². The molecule has 0 aliphatic heterocycles. The number of para-hydroxylation sites is 4. The normalized spacial score (nSPS) is 10.6. The van der Waals surface area contributed by atoms with Crippen molar-refractivity contribution in [2.24, 2.45) is 0 Å². The van der Waals surface area contributed by atoms with Crippen LogP contribution in [-0.4, -0.2) is 33.1 Å². The van der Waals surface area contributed by atoms with Gasteiger partial charge in [0, 0.05) is 5.69 Å². The van der Waals surface area contributed by atoms with Gasteiger partial charge < -0.3 is 15.2 Å². The van der Waals surface area contributed by atoms with E-state index in [-0.39, 0.29) is 11.4 Å². The first-order valence-corrected chi connectivity index (χ1v) is 8.89. The Balaban J connectivity index is 1.39. The number of benzene rings is 3. The highest BCUT2D eigenvalue weighted by Crippen LogP contribution is 2.21. The number of hydrogen-bond acceptors (Lipinski definition) is 5. The third-order valence-electron chi connectivity index (χ3n) is 4.35. The molecule has 0 atom stereocenters. The van der Waals surface area contributed by atoms with Gasteiger partial charge in [0.15, 0.2) is 6.61 Å². The zero-order valence-corrected chi connectivity index (χ0v) is 15.3. The number of nitrogens with one attached hydrogen (secondary N) is 1. The fourth-order valence-electron chi connectivity index (χ4n) is 2.90. The summed E-state index contributed by atoms with van der Waals surface area (Å²) in [5.41, 5.74) is 3.28. The first-order chi connectivity index (χ1) is 14.1. The molecular formula is C22H17N3O4. The number of imidazole rings is 1. The lowest BCUT2D eigenvalue weighted by molar-refractivity contribution is -0.119. The highest BCUT2D eigenvalue weighted by molar-refractivity contribution is 5.96. The molecule has 0 saturated heterocycles. The van der Waals surface area contributed by atoms with Crippen LogP contribution < -0.4 is 5.32 Å². The van der Waals surface area contributed by atoms with Gasteiger partial charge in [-0.05, 0) is 48.5 Å². The van der Waals surface area contributed by atoms with E-state index in [1.54, 1.807) is 48.8 Å². The van der Waals surface area contributed by atoms with Gasteiger partial charge in [0.2, 0.25) is 0 Å². The number of aromatic hydroxyl groups is 1. The number of fused-ring (bicyclic) bond motifs is 1. The van der Waals surface area contributed by atoms with Crippen molar-refractivity contribution < 1.29 is 19.4 Å². The quantitative estimate of drug-likeness (QED) is 0.404. The zero-order valence-electron chi connectivity index (χ0n) is 15.3. The molecule has 1 amide bonds. The third-order valence-corrected chi connectivity index (χ3v) is 4.35. The molecule has 1 aromatic heterocycles. The summed E-state index contributed by atoms with van der Waals surface area (Å²) in [5.74, 6) is -1.21. The Morgan fingerprint density at radius 3 is 2.48 bits per heavy atom. The van der Waals surface area contributed by atoms with Gasteiger partial charge >= 0.3 is 5.97 Å². The van der Waals surface area contributed by atoms with Crippen molar-refractivity contribution >= 4 is 28.6 Å². The van der Waals surface area contributed by atoms with Crippen molar-refractivity contribution in [1.29, 1.82) is 0 Å². The maximum absolute atomic E-state index is 12.2. The summed E-state index contributed by atoms with van der Waals surface area (Å²) in [6.45, 7) is -0.457. The van der Waals surface area contributed by atoms with Crippen LogP contribution in [0.1, 0.15) is 10.4 Å². The second-order valence-corrected chi connectivity index (χ2v) is 6.29. The first kappa shape index (κ1) is 18.2. The van der Waals surface area contributed by atoms with E-state index in [9.17, 15) is 14.7 Å². The predicted octanol–water partition coefficient (Wildman–Crippen LogP) is 3.53. The van der Waals surface area contributed by atoms with Crippen molar-refractivity contribution in [3.63, 3.8) is 0 Å². The lowest BCUT2D eigenvalue weighted by Gasteiger charge is -2.09. The minimum Gasteiger partial charge on any atom is -0.506 e. The lowest BCUT2D eigenvalue weighted by atomic mass is 10.2. The summed E-state index contributed by atoms with van der Waals surface area (Å²) in [6.07, 6.45) is 1.72. The number of aromatic nitrogens is 2. The maximum atomic E-state index is 12.2. The molecule has 4 rings (SSSR count). The van der Waals surface area contributed by atoms with Gasteiger partial charge in [-0.25, -0.2) is 9.78 Å². The number of hydrogen-bond donors (Lipinski definition) is 2. The number of carbonyl (C=O) groups is 2. The highest BCUT2D eigenvalue weighted by Gasteiger charge is 2.12. The molecule has 0 radical (unpaired) electrons. The van der Waals surface area contributed by atoms with Crippen molar-refractivity contribution in [2.45, 2.75) is 0 Å². The molecule has 0 aliphatic rings. The average molecular weight is 387 g/mol. The van der Waals surface area contributed by atoms with Crippen molar-refractivity contribution in [2.75, 3.05) is 11.9 Å². The lowest BCUT2D eigenvalue weighted by Crippen LogP contribution is -2.21. The van der Waals surface area contributed by atoms with E-state index in [1.165, 1.54) is 6.07 Å². The second kappa shape index (κ2) is 7.85. The van der Waals surface area contributed by atoms with E-state index >= 15 is 0 Å². The number of ether oxygens (including phenoxy) is 1. The van der Waals surface area contributed by atoms with E-state index < -0.39 is 18.5 Å². The molecule has 2 N–H and O–H groups in total. The van der Waals surface area contributed by atoms with Gasteiger partial charge in [0.05, 0.1) is 22.3 Å². The molecule has 3 aromatic carbocycles. The SMILES string of the molecule is O=C(COC(=O)c1ccc(-n2cnc3ccccc32)cc1)Nc1ccccc1O. The molecule has 4 aromatic rings. The first-order valence-electron chi connectivity index (χ1n) is 8.89. The number of nitrogens with zero attached hydrogens (tertiary/aromatic N) is 2. The van der Waals surface area contributed by atoms with Crippen LogP contribution in [0.2, 0.25) is 0 Å². The third kappa shape index (κ3) is 3.93. The van der Waals surface area contributed by atoms with Gasteiger partial charge in [-0.3, -0.25) is 9.36 Å². The van der Waals surface area contributed by atoms with Crippen LogP contribution >= 0.6 is 0 Å². The molecule has 7 heteroatoms. The molecule has 7 nitrogen and oxygen atoms in total. The summed E-state index contributed by atoms with van der Waals surface area (Å²) in [5, 5.41) is 12.1. The van der Waals surface area contributed by atoms with Gasteiger partial charge in [-0.1, -0.05) is 24.3 Å². The smallest absolute Gasteiger partial charge is 0.338 e. The van der Waals surface area contributed by atoms with Crippen molar-refractivity contribution in [3.05, 3.63) is 84.7 Å². The van der Waals surface area contributed by atoms with Crippen LogP contribution in [0.5, 0.6) is 5.75 Å². The van der Waals surface area contributed by atoms with Gasteiger partial charge in [-0.2, -0.15) is 0 Å². The summed E-state index contributed by atoms with van der Waals surface area (Å²) in [7, 11) is 0. The minimum atomic E-state index is -0.612. The number of anilines is 1. The molecule has 0 fully saturated rings. The largest absolute Gasteiger partial charge is 0.506 e. The fraction of sp³-hybridized carbons (Fsp3) is 0.0455. The van der Waals surface area contributed by atoms with E-state index in [0.29, 0.717) is 5.56 Å². The minimum absolute atomic E-state index is 0.0604. The Bertz CT molecular complexity index is 1180. The number of phenolic OH excluding ortho intramolecular Hbond substituents is 1. The Kier molecular flexibility index (Phi) is 4.94. The molecule has 0 saturated carbocycles. The monoisotopic (exact) mass is 387 g/mol. The molecule has 0 bridgehead atoms. The zero-order chi connectivity index (χ0) is 20.2. The Morgan fingerprint density at radius 2 is 1.69 bits per heavy atom. The van der Waals surface area contributed by atoms with E-state index in [2.05, 4.69) is 10.3 Å². The number of amides is 1. The van der Waals surface area contributed by atoms with Crippen LogP contribution in [0.25, 0.3) is 16.7 Å². The Morgan fingerprint density at radius 1 is 0.966 bits per heavy atom. The Hall–Kier alpha value is -4.13. The summed E-state index contributed by atoms with van der Waals surface area (Å²) < 4.78 is 6.97. The number of rotatable bonds is 5. The predicted molar refractivity (Wildman–Crippen MR) is 108 cm³/mol. The average Bonchev–Trinajstić information content (AvgIpc) is 3.18. The van der Waals surface area contributed by atoms with Crippen LogP contribution in [0.3, 0.4) is 0 Å². The number of phenols is 1. The maximum Gasteiger partial charge on any atom is 0.338 e. The van der Waals surface area contributed by atoms with E-state index in [4.69, 9.17) is 4.74 Å². The van der Waals surface area contributed by atoms with Crippen LogP contribution in [-0.2, 0) is 9.53 Å². The van der Waals surface area contributed by atoms with Crippen molar-refractivity contribution in [3.8, 4) is 11.4 Å². The Labute approximate surface area is 166 Å². The van der Waals surface area contributed by atoms with E-state index in [1.807, 2.05) is 28.8 Å². The summed E-state index contributed by atoms with van der Waals surface area (Å²) in [6, 6.07) is 20.9. The molecule has 0 unspecified atom stereocenters. The van der Waals surface area contributed by atoms with Gasteiger partial charge in [0.25, 0.3) is 5.91 Å². The van der Waals surface area contributed by atoms with Gasteiger partial charge in [-0.15, -0.1) is 0 Å². The fourth-order valence-corrected chi connectivity index (χ4v) is 2.90. The second-order valence-electron chi connectivity index (χ2n) is 6.29. The standard InChI is InChI=1S/C22H17N3O4/c26-20-8-4-2-6-18(20)24-21(27)13-29-22(28)15-9-11-16(12-10-15)25-14-23-17-5-1-3-7-19(17)25/h1-12,14,26H,13H2,(H,24,27). The molecule has 144 valence electrons. The van der Waals surface area contributed by atoms with Crippen LogP contribution in [0.4, 0.5) is 5.69 Å².